The Morgan fingerprint density at radius 2 is 1.76 bits per heavy atom. The predicted molar refractivity (Wildman–Crippen MR) is 157 cm³/mol. The van der Waals surface area contributed by atoms with Crippen LogP contribution in [0.1, 0.15) is 67.2 Å². The third-order valence-corrected chi connectivity index (χ3v) is 6.76. The summed E-state index contributed by atoms with van der Waals surface area (Å²) < 4.78 is 47.1. The number of amides is 1. The molecule has 0 aliphatic carbocycles. The van der Waals surface area contributed by atoms with Crippen LogP contribution in [0.2, 0.25) is 0 Å². The number of rotatable bonds is 12. The van der Waals surface area contributed by atoms with Crippen molar-refractivity contribution in [3.8, 4) is 28.6 Å². The van der Waals surface area contributed by atoms with E-state index in [0.29, 0.717) is 49.2 Å². The van der Waals surface area contributed by atoms with Crippen LogP contribution >= 0.6 is 0 Å². The minimum Gasteiger partial charge on any atom is -0.493 e. The summed E-state index contributed by atoms with van der Waals surface area (Å²) in [6.45, 7) is 13.2. The third kappa shape index (κ3) is 6.69. The topological polar surface area (TPSA) is 93.1 Å². The molecule has 0 radical (unpaired) electrons. The number of hydrogen-bond acceptors (Lipinski definition) is 7. The molecular formula is C31H42FN3O6. The van der Waals surface area contributed by atoms with E-state index in [1.807, 2.05) is 24.5 Å². The fraction of sp³-hybridized carbons (Fsp3) is 0.548. The molecule has 0 atom stereocenters. The Morgan fingerprint density at radius 1 is 1.10 bits per heavy atom. The lowest BCUT2D eigenvalue weighted by Crippen LogP contribution is -2.49. The second kappa shape index (κ2) is 12.5. The third-order valence-electron chi connectivity index (χ3n) is 6.76. The summed E-state index contributed by atoms with van der Waals surface area (Å²) in [5, 5.41) is 2.76. The Labute approximate surface area is 241 Å². The van der Waals surface area contributed by atoms with Crippen LogP contribution in [0.15, 0.2) is 24.3 Å². The molecule has 3 aromatic rings. The fourth-order valence-electron chi connectivity index (χ4n) is 4.64. The van der Waals surface area contributed by atoms with Crippen LogP contribution in [0.25, 0.3) is 22.4 Å². The lowest BCUT2D eigenvalue weighted by atomic mass is 9.98. The molecule has 1 aliphatic heterocycles. The second-order valence-electron chi connectivity index (χ2n) is 11.6. The predicted octanol–water partition coefficient (Wildman–Crippen LogP) is 7.30. The van der Waals surface area contributed by atoms with Gasteiger partial charge in [-0.3, -0.25) is 5.32 Å². The molecule has 1 N–H and O–H groups in total. The molecule has 224 valence electrons. The summed E-state index contributed by atoms with van der Waals surface area (Å²) in [7, 11) is 1.53. The maximum Gasteiger partial charge on any atom is 0.412 e. The normalized spacial score (nSPS) is 14.4. The highest BCUT2D eigenvalue weighted by Crippen LogP contribution is 2.46. The van der Waals surface area contributed by atoms with E-state index < -0.39 is 23.1 Å². The molecule has 2 aromatic carbocycles. The van der Waals surface area contributed by atoms with Crippen LogP contribution < -0.4 is 19.5 Å². The van der Waals surface area contributed by atoms with E-state index in [4.69, 9.17) is 28.7 Å². The first kappa shape index (κ1) is 30.4. The number of anilines is 1. The average molecular weight is 572 g/mol. The first-order chi connectivity index (χ1) is 19.5. The molecule has 0 spiro atoms. The zero-order valence-corrected chi connectivity index (χ0v) is 25.2. The number of unbranched alkanes of at least 4 members (excludes halogenated alkanes) is 2. The highest BCUT2D eigenvalue weighted by atomic mass is 19.1. The maximum absolute atomic E-state index is 16.5. The van der Waals surface area contributed by atoms with Crippen molar-refractivity contribution < 1.29 is 32.9 Å². The Morgan fingerprint density at radius 3 is 2.32 bits per heavy atom. The van der Waals surface area contributed by atoms with E-state index in [9.17, 15) is 4.79 Å². The van der Waals surface area contributed by atoms with E-state index in [-0.39, 0.29) is 17.1 Å². The second-order valence-corrected chi connectivity index (χ2v) is 11.6. The molecule has 1 aromatic heterocycles. The van der Waals surface area contributed by atoms with Gasteiger partial charge in [-0.15, -0.1) is 0 Å². The van der Waals surface area contributed by atoms with Gasteiger partial charge in [0.1, 0.15) is 11.4 Å². The van der Waals surface area contributed by atoms with Crippen molar-refractivity contribution in [2.45, 2.75) is 78.4 Å². The molecule has 10 heteroatoms. The highest BCUT2D eigenvalue weighted by molar-refractivity contribution is 5.90. The lowest BCUT2D eigenvalue weighted by Gasteiger charge is -2.40. The zero-order valence-electron chi connectivity index (χ0n) is 25.2. The number of imidazole rings is 1. The van der Waals surface area contributed by atoms with Gasteiger partial charge in [-0.1, -0.05) is 26.7 Å². The molecule has 1 aliphatic rings. The molecule has 1 fully saturated rings. The van der Waals surface area contributed by atoms with Crippen molar-refractivity contribution in [1.82, 2.24) is 9.55 Å². The van der Waals surface area contributed by atoms with Crippen LogP contribution in [0.4, 0.5) is 14.9 Å². The van der Waals surface area contributed by atoms with Gasteiger partial charge in [0.2, 0.25) is 11.5 Å². The molecule has 1 amide bonds. The van der Waals surface area contributed by atoms with Gasteiger partial charge in [-0.05, 0) is 64.8 Å². The highest BCUT2D eigenvalue weighted by Gasteiger charge is 2.40. The van der Waals surface area contributed by atoms with Crippen molar-refractivity contribution in [3.05, 3.63) is 30.1 Å². The van der Waals surface area contributed by atoms with Crippen molar-refractivity contribution in [3.63, 3.8) is 0 Å². The first-order valence-electron chi connectivity index (χ1n) is 14.3. The van der Waals surface area contributed by atoms with Crippen LogP contribution in [0.5, 0.6) is 17.2 Å². The number of benzene rings is 2. The summed E-state index contributed by atoms with van der Waals surface area (Å²) in [6.07, 6.45) is 2.85. The van der Waals surface area contributed by atoms with Gasteiger partial charge < -0.3 is 28.3 Å². The van der Waals surface area contributed by atoms with Gasteiger partial charge in [0, 0.05) is 5.69 Å². The van der Waals surface area contributed by atoms with Crippen LogP contribution in [-0.4, -0.2) is 54.8 Å². The average Bonchev–Trinajstić information content (AvgIpc) is 3.26. The Kier molecular flexibility index (Phi) is 9.31. The number of fused-ring (bicyclic) bond motifs is 1. The summed E-state index contributed by atoms with van der Waals surface area (Å²) >= 11 is 0. The molecule has 0 unspecified atom stereocenters. The van der Waals surface area contributed by atoms with Crippen molar-refractivity contribution in [1.29, 1.82) is 0 Å². The van der Waals surface area contributed by atoms with E-state index in [1.165, 1.54) is 7.11 Å². The number of hydrogen-bond donors (Lipinski definition) is 1. The lowest BCUT2D eigenvalue weighted by molar-refractivity contribution is -0.0868. The number of carbonyl (C=O) groups excluding carboxylic acids is 1. The number of carbonyl (C=O) groups is 1. The smallest absolute Gasteiger partial charge is 0.412 e. The van der Waals surface area contributed by atoms with E-state index >= 15 is 4.39 Å². The minimum atomic E-state index is -0.637. The van der Waals surface area contributed by atoms with Gasteiger partial charge >= 0.3 is 6.09 Å². The van der Waals surface area contributed by atoms with Gasteiger partial charge in [0.05, 0.1) is 55.7 Å². The van der Waals surface area contributed by atoms with Gasteiger partial charge in [0.15, 0.2) is 11.6 Å². The molecule has 9 nitrogen and oxygen atoms in total. The zero-order chi connectivity index (χ0) is 29.8. The Bertz CT molecular complexity index is 1380. The quantitative estimate of drug-likeness (QED) is 0.228. The summed E-state index contributed by atoms with van der Waals surface area (Å²) in [5.74, 6) is 0.468. The van der Waals surface area contributed by atoms with Crippen LogP contribution in [0, 0.1) is 5.82 Å². The molecular weight excluding hydrogens is 529 g/mol. The summed E-state index contributed by atoms with van der Waals surface area (Å²) in [5.41, 5.74) is 0.999. The standard InChI is InChI=1S/C31H42FN3O6/c1-8-10-14-39-26-24(37-7)17-21(25(32)27(26)40-15-11-9-2)28-34-22-16-20(33-29(36)41-30(3,4)5)12-13-23(22)35(28)31(6)18-38-19-31/h12-13,16-17H,8-11,14-15,18-19H2,1-7H3,(H,33,36). The monoisotopic (exact) mass is 571 g/mol. The number of nitrogens with zero attached hydrogens (tertiary/aromatic N) is 2. The van der Waals surface area contributed by atoms with Crippen molar-refractivity contribution >= 4 is 22.8 Å². The number of ether oxygens (including phenoxy) is 5. The summed E-state index contributed by atoms with van der Waals surface area (Å²) in [4.78, 5) is 17.3. The van der Waals surface area contributed by atoms with E-state index in [2.05, 4.69) is 12.2 Å². The molecule has 0 bridgehead atoms. The minimum absolute atomic E-state index is 0.0183. The van der Waals surface area contributed by atoms with Gasteiger partial charge in [0.25, 0.3) is 0 Å². The molecule has 1 saturated heterocycles. The van der Waals surface area contributed by atoms with Gasteiger partial charge in [-0.2, -0.15) is 0 Å². The number of nitrogens with one attached hydrogen (secondary N) is 1. The summed E-state index contributed by atoms with van der Waals surface area (Å²) in [6, 6.07) is 7.00. The van der Waals surface area contributed by atoms with Crippen LogP contribution in [0.3, 0.4) is 0 Å². The van der Waals surface area contributed by atoms with Crippen LogP contribution in [-0.2, 0) is 15.0 Å². The van der Waals surface area contributed by atoms with Gasteiger partial charge in [-0.25, -0.2) is 14.2 Å². The van der Waals surface area contributed by atoms with E-state index in [1.54, 1.807) is 39.0 Å². The SMILES string of the molecule is CCCCOc1c(OC)cc(-c2nc3cc(NC(=O)OC(C)(C)C)ccc3n2C2(C)COC2)c(F)c1OCCCC. The Hall–Kier alpha value is -3.53. The molecule has 2 heterocycles. The molecule has 0 saturated carbocycles. The number of halogens is 1. The fourth-order valence-corrected chi connectivity index (χ4v) is 4.64. The number of methoxy groups -OCH3 is 1. The maximum atomic E-state index is 16.5. The molecule has 4 rings (SSSR count). The largest absolute Gasteiger partial charge is 0.493 e. The van der Waals surface area contributed by atoms with Crippen molar-refractivity contribution in [2.75, 3.05) is 38.9 Å². The first-order valence-corrected chi connectivity index (χ1v) is 14.3. The number of aromatic nitrogens is 2. The Balaban J connectivity index is 1.85. The van der Waals surface area contributed by atoms with Crippen molar-refractivity contribution in [2.24, 2.45) is 0 Å². The molecule has 41 heavy (non-hydrogen) atoms. The van der Waals surface area contributed by atoms with E-state index in [0.717, 1.165) is 31.2 Å².